The zero-order valence-corrected chi connectivity index (χ0v) is 9.82. The lowest BCUT2D eigenvalue weighted by Crippen LogP contribution is -2.23. The zero-order chi connectivity index (χ0) is 10.6. The first-order valence-electron chi connectivity index (χ1n) is 4.59. The van der Waals surface area contributed by atoms with E-state index in [1.807, 2.05) is 19.2 Å². The van der Waals surface area contributed by atoms with Gasteiger partial charge in [0.25, 0.3) is 0 Å². The van der Waals surface area contributed by atoms with Crippen LogP contribution >= 0.6 is 22.9 Å². The van der Waals surface area contributed by atoms with Crippen LogP contribution in [0, 0.1) is 0 Å². The first-order chi connectivity index (χ1) is 6.70. The van der Waals surface area contributed by atoms with Crippen molar-refractivity contribution in [1.82, 2.24) is 0 Å². The average molecular weight is 233 g/mol. The molecule has 0 aromatic carbocycles. The van der Waals surface area contributed by atoms with Gasteiger partial charge < -0.3 is 4.74 Å². The fraction of sp³-hybridized carbons (Fsp3) is 0.500. The van der Waals surface area contributed by atoms with Gasteiger partial charge in [-0.3, -0.25) is 4.79 Å². The van der Waals surface area contributed by atoms with Gasteiger partial charge in [-0.2, -0.15) is 0 Å². The highest BCUT2D eigenvalue weighted by Crippen LogP contribution is 2.24. The van der Waals surface area contributed by atoms with Crippen molar-refractivity contribution in [2.24, 2.45) is 0 Å². The molecule has 0 aliphatic heterocycles. The Morgan fingerprint density at radius 3 is 2.79 bits per heavy atom. The molecule has 0 amide bonds. The van der Waals surface area contributed by atoms with Crippen molar-refractivity contribution in [3.05, 3.63) is 21.3 Å². The Hall–Kier alpha value is -0.380. The molecule has 0 saturated carbocycles. The second kappa shape index (κ2) is 5.49. The molecule has 1 aromatic rings. The van der Waals surface area contributed by atoms with Gasteiger partial charge in [-0.25, -0.2) is 0 Å². The molecule has 0 aliphatic carbocycles. The predicted octanol–water partition coefficient (Wildman–Crippen LogP) is 3.40. The van der Waals surface area contributed by atoms with Crippen LogP contribution in [0.25, 0.3) is 0 Å². The molecule has 0 fully saturated rings. The van der Waals surface area contributed by atoms with Crippen LogP contribution in [-0.2, 0) is 4.74 Å². The summed E-state index contributed by atoms with van der Waals surface area (Å²) in [5.41, 5.74) is 0. The number of halogens is 1. The van der Waals surface area contributed by atoms with Crippen molar-refractivity contribution in [3.8, 4) is 0 Å². The summed E-state index contributed by atoms with van der Waals surface area (Å²) in [4.78, 5) is 12.5. The Morgan fingerprint density at radius 1 is 1.64 bits per heavy atom. The van der Waals surface area contributed by atoms with Crippen molar-refractivity contribution in [3.63, 3.8) is 0 Å². The molecule has 0 bridgehead atoms. The molecule has 1 unspecified atom stereocenters. The molecule has 0 spiro atoms. The Kier molecular flexibility index (Phi) is 4.58. The molecule has 14 heavy (non-hydrogen) atoms. The highest BCUT2D eigenvalue weighted by atomic mass is 35.5. The molecule has 1 heterocycles. The molecule has 78 valence electrons. The number of hydrogen-bond acceptors (Lipinski definition) is 3. The minimum absolute atomic E-state index is 0.00523. The topological polar surface area (TPSA) is 26.3 Å². The van der Waals surface area contributed by atoms with Crippen LogP contribution in [0.15, 0.2) is 11.4 Å². The molecular weight excluding hydrogens is 220 g/mol. The summed E-state index contributed by atoms with van der Waals surface area (Å²) in [6, 6.07) is 1.73. The molecular formula is C10H13ClO2S. The number of ketones is 1. The lowest BCUT2D eigenvalue weighted by atomic mass is 10.1. The molecule has 1 aromatic heterocycles. The van der Waals surface area contributed by atoms with Gasteiger partial charge in [0, 0.05) is 6.61 Å². The summed E-state index contributed by atoms with van der Waals surface area (Å²) >= 11 is 7.24. The fourth-order valence-corrected chi connectivity index (χ4v) is 2.33. The second-order valence-electron chi connectivity index (χ2n) is 2.81. The van der Waals surface area contributed by atoms with E-state index in [0.29, 0.717) is 22.9 Å². The van der Waals surface area contributed by atoms with Crippen LogP contribution in [0.5, 0.6) is 0 Å². The molecule has 1 atom stereocenters. The number of ether oxygens (including phenoxy) is 1. The summed E-state index contributed by atoms with van der Waals surface area (Å²) in [6.07, 6.45) is 0.331. The van der Waals surface area contributed by atoms with Crippen molar-refractivity contribution in [1.29, 1.82) is 0 Å². The maximum atomic E-state index is 11.8. The first kappa shape index (κ1) is 11.7. The van der Waals surface area contributed by atoms with Crippen molar-refractivity contribution in [2.75, 3.05) is 6.61 Å². The van der Waals surface area contributed by atoms with E-state index < -0.39 is 0 Å². The number of carbonyl (C=O) groups excluding carboxylic acids is 1. The van der Waals surface area contributed by atoms with E-state index in [-0.39, 0.29) is 11.9 Å². The van der Waals surface area contributed by atoms with Gasteiger partial charge in [-0.15, -0.1) is 11.3 Å². The van der Waals surface area contributed by atoms with Gasteiger partial charge in [-0.1, -0.05) is 18.5 Å². The van der Waals surface area contributed by atoms with Crippen LogP contribution in [0.2, 0.25) is 5.02 Å². The van der Waals surface area contributed by atoms with E-state index in [0.717, 1.165) is 0 Å². The largest absolute Gasteiger partial charge is 0.370 e. The monoisotopic (exact) mass is 232 g/mol. The molecule has 4 heteroatoms. The van der Waals surface area contributed by atoms with Crippen molar-refractivity contribution < 1.29 is 9.53 Å². The Balaban J connectivity index is 2.78. The van der Waals surface area contributed by atoms with E-state index in [1.165, 1.54) is 11.3 Å². The van der Waals surface area contributed by atoms with Crippen molar-refractivity contribution >= 4 is 28.7 Å². The number of rotatable bonds is 5. The van der Waals surface area contributed by atoms with E-state index in [1.54, 1.807) is 6.07 Å². The van der Waals surface area contributed by atoms with E-state index in [9.17, 15) is 4.79 Å². The van der Waals surface area contributed by atoms with Crippen LogP contribution < -0.4 is 0 Å². The molecule has 0 N–H and O–H groups in total. The summed E-state index contributed by atoms with van der Waals surface area (Å²) in [6.45, 7) is 4.36. The second-order valence-corrected chi connectivity index (χ2v) is 4.14. The van der Waals surface area contributed by atoms with Gasteiger partial charge in [-0.05, 0) is 24.8 Å². The van der Waals surface area contributed by atoms with Crippen LogP contribution in [0.3, 0.4) is 0 Å². The highest BCUT2D eigenvalue weighted by Gasteiger charge is 2.21. The van der Waals surface area contributed by atoms with Crippen LogP contribution in [0.1, 0.15) is 29.9 Å². The van der Waals surface area contributed by atoms with Crippen molar-refractivity contribution in [2.45, 2.75) is 26.4 Å². The van der Waals surface area contributed by atoms with Gasteiger partial charge in [0.1, 0.15) is 6.10 Å². The normalized spacial score (nSPS) is 12.8. The van der Waals surface area contributed by atoms with Gasteiger partial charge >= 0.3 is 0 Å². The highest BCUT2D eigenvalue weighted by molar-refractivity contribution is 7.12. The standard InChI is InChI=1S/C10H13ClO2S/c1-3-8(13-4-2)9(12)10-7(11)5-6-14-10/h5-6,8H,3-4H2,1-2H3. The quantitative estimate of drug-likeness (QED) is 0.728. The summed E-state index contributed by atoms with van der Waals surface area (Å²) in [5, 5.41) is 2.34. The molecule has 0 aliphatic rings. The maximum absolute atomic E-state index is 11.8. The number of hydrogen-bond donors (Lipinski definition) is 0. The molecule has 0 radical (unpaired) electrons. The SMILES string of the molecule is CCOC(CC)C(=O)c1sccc1Cl. The maximum Gasteiger partial charge on any atom is 0.202 e. The summed E-state index contributed by atoms with van der Waals surface area (Å²) < 4.78 is 5.33. The third kappa shape index (κ3) is 2.56. The Bertz CT molecular complexity index is 309. The Morgan fingerprint density at radius 2 is 2.36 bits per heavy atom. The first-order valence-corrected chi connectivity index (χ1v) is 5.85. The lowest BCUT2D eigenvalue weighted by Gasteiger charge is -2.12. The average Bonchev–Trinajstić information content (AvgIpc) is 2.59. The van der Waals surface area contributed by atoms with E-state index in [4.69, 9.17) is 16.3 Å². The smallest absolute Gasteiger partial charge is 0.202 e. The van der Waals surface area contributed by atoms with Crippen LogP contribution in [0.4, 0.5) is 0 Å². The van der Waals surface area contributed by atoms with E-state index in [2.05, 4.69) is 0 Å². The summed E-state index contributed by atoms with van der Waals surface area (Å²) in [7, 11) is 0. The van der Waals surface area contributed by atoms with Crippen LogP contribution in [-0.4, -0.2) is 18.5 Å². The molecule has 1 rings (SSSR count). The minimum atomic E-state index is -0.351. The zero-order valence-electron chi connectivity index (χ0n) is 8.25. The number of carbonyl (C=O) groups is 1. The molecule has 2 nitrogen and oxygen atoms in total. The summed E-state index contributed by atoms with van der Waals surface area (Å²) in [5.74, 6) is -0.00523. The molecule has 0 saturated heterocycles. The van der Waals surface area contributed by atoms with Gasteiger partial charge in [0.15, 0.2) is 0 Å². The predicted molar refractivity (Wildman–Crippen MR) is 59.4 cm³/mol. The van der Waals surface area contributed by atoms with E-state index >= 15 is 0 Å². The van der Waals surface area contributed by atoms with Gasteiger partial charge in [0.05, 0.1) is 9.90 Å². The lowest BCUT2D eigenvalue weighted by molar-refractivity contribution is 0.0448. The number of thiophene rings is 1. The van der Waals surface area contributed by atoms with Gasteiger partial charge in [0.2, 0.25) is 5.78 Å². The number of Topliss-reactive ketones (excluding diaryl/α,β-unsaturated/α-hetero) is 1. The Labute approximate surface area is 92.8 Å². The minimum Gasteiger partial charge on any atom is -0.370 e. The third-order valence-electron chi connectivity index (χ3n) is 1.87. The fourth-order valence-electron chi connectivity index (χ4n) is 1.20. The third-order valence-corrected chi connectivity index (χ3v) is 3.23.